The fraction of sp³-hybridized carbons (Fsp3) is 0.333. The Balaban J connectivity index is 2.12. The van der Waals surface area contributed by atoms with Crippen LogP contribution in [0.1, 0.15) is 19.4 Å². The molecule has 0 aliphatic rings. The lowest BCUT2D eigenvalue weighted by atomic mass is 10.2. The summed E-state index contributed by atoms with van der Waals surface area (Å²) in [6.45, 7) is 4.27. The summed E-state index contributed by atoms with van der Waals surface area (Å²) in [6, 6.07) is 11.8. The summed E-state index contributed by atoms with van der Waals surface area (Å²) in [4.78, 5) is 12.4. The third-order valence-corrected chi connectivity index (χ3v) is 5.14. The molecule has 2 rings (SSSR count). The second-order valence-electron chi connectivity index (χ2n) is 6.31. The van der Waals surface area contributed by atoms with Crippen LogP contribution in [0.5, 0.6) is 17.2 Å². The standard InChI is InChI=1S/C21H27N3O6S/c1-5-29-19-12-11-16(13-20(19)30-6-2)14-22-23-21(25)15-24(31(4,26)27)17-9-7-8-10-18(17)28-3/h7-14H,5-6,15H2,1-4H3,(H,23,25)/b22-14-. The second-order valence-corrected chi connectivity index (χ2v) is 8.21. The Morgan fingerprint density at radius 2 is 1.74 bits per heavy atom. The van der Waals surface area contributed by atoms with Gasteiger partial charge in [-0.2, -0.15) is 5.10 Å². The molecule has 1 N–H and O–H groups in total. The number of carbonyl (C=O) groups is 1. The highest BCUT2D eigenvalue weighted by Gasteiger charge is 2.23. The average molecular weight is 450 g/mol. The largest absolute Gasteiger partial charge is 0.495 e. The lowest BCUT2D eigenvalue weighted by Crippen LogP contribution is -2.39. The van der Waals surface area contributed by atoms with Gasteiger partial charge in [-0.3, -0.25) is 9.10 Å². The SMILES string of the molecule is CCOc1ccc(/C=N\NC(=O)CN(c2ccccc2OC)S(C)(=O)=O)cc1OCC. The van der Waals surface area contributed by atoms with Crippen LogP contribution in [0.15, 0.2) is 47.6 Å². The zero-order valence-electron chi connectivity index (χ0n) is 18.0. The molecule has 10 heteroatoms. The van der Waals surface area contributed by atoms with Crippen LogP contribution in [0.25, 0.3) is 0 Å². The number of para-hydroxylation sites is 2. The molecule has 9 nitrogen and oxygen atoms in total. The second kappa shape index (κ2) is 11.2. The number of carbonyl (C=O) groups excluding carboxylic acids is 1. The number of ether oxygens (including phenoxy) is 3. The predicted octanol–water partition coefficient (Wildman–Crippen LogP) is 2.41. The molecule has 31 heavy (non-hydrogen) atoms. The summed E-state index contributed by atoms with van der Waals surface area (Å²) in [6.07, 6.45) is 2.45. The van der Waals surface area contributed by atoms with E-state index in [4.69, 9.17) is 14.2 Å². The molecule has 0 unspecified atom stereocenters. The number of nitrogens with zero attached hydrogens (tertiary/aromatic N) is 2. The number of anilines is 1. The van der Waals surface area contributed by atoms with Gasteiger partial charge in [-0.25, -0.2) is 13.8 Å². The van der Waals surface area contributed by atoms with Gasteiger partial charge in [-0.15, -0.1) is 0 Å². The van der Waals surface area contributed by atoms with Crippen LogP contribution in [-0.2, 0) is 14.8 Å². The van der Waals surface area contributed by atoms with Crippen molar-refractivity contribution in [1.29, 1.82) is 0 Å². The number of hydrazone groups is 1. The Kier molecular flexibility index (Phi) is 8.68. The van der Waals surface area contributed by atoms with E-state index < -0.39 is 22.5 Å². The van der Waals surface area contributed by atoms with Crippen molar-refractivity contribution < 1.29 is 27.4 Å². The minimum absolute atomic E-state index is 0.263. The van der Waals surface area contributed by atoms with Gasteiger partial charge in [0.05, 0.1) is 38.5 Å². The molecule has 0 spiro atoms. The molecule has 0 saturated carbocycles. The molecule has 2 aromatic rings. The first-order chi connectivity index (χ1) is 14.8. The van der Waals surface area contributed by atoms with Crippen molar-refractivity contribution in [1.82, 2.24) is 5.43 Å². The van der Waals surface area contributed by atoms with Crippen LogP contribution >= 0.6 is 0 Å². The van der Waals surface area contributed by atoms with Crippen LogP contribution in [0, 0.1) is 0 Å². The van der Waals surface area contributed by atoms with Gasteiger partial charge < -0.3 is 14.2 Å². The Morgan fingerprint density at radius 3 is 2.39 bits per heavy atom. The van der Waals surface area contributed by atoms with E-state index in [0.717, 1.165) is 10.6 Å². The Labute approximate surface area is 182 Å². The number of amides is 1. The van der Waals surface area contributed by atoms with E-state index in [1.807, 2.05) is 13.8 Å². The number of hydrogen-bond acceptors (Lipinski definition) is 7. The van der Waals surface area contributed by atoms with E-state index in [-0.39, 0.29) is 5.69 Å². The topological polar surface area (TPSA) is 107 Å². The third kappa shape index (κ3) is 6.88. The van der Waals surface area contributed by atoms with Gasteiger partial charge in [-0.05, 0) is 49.7 Å². The maximum absolute atomic E-state index is 12.4. The van der Waals surface area contributed by atoms with Crippen LogP contribution in [0.2, 0.25) is 0 Å². The lowest BCUT2D eigenvalue weighted by molar-refractivity contribution is -0.119. The van der Waals surface area contributed by atoms with Gasteiger partial charge in [0.15, 0.2) is 11.5 Å². The van der Waals surface area contributed by atoms with Crippen molar-refractivity contribution in [3.05, 3.63) is 48.0 Å². The molecule has 0 atom stereocenters. The molecule has 0 heterocycles. The van der Waals surface area contributed by atoms with Crippen LogP contribution in [-0.4, -0.2) is 53.7 Å². The van der Waals surface area contributed by atoms with Crippen molar-refractivity contribution in [3.63, 3.8) is 0 Å². The van der Waals surface area contributed by atoms with Gasteiger partial charge in [0, 0.05) is 0 Å². The number of benzene rings is 2. The Hall–Kier alpha value is -3.27. The minimum Gasteiger partial charge on any atom is -0.495 e. The molecule has 0 radical (unpaired) electrons. The molecular weight excluding hydrogens is 422 g/mol. The Bertz CT molecular complexity index is 1020. The highest BCUT2D eigenvalue weighted by atomic mass is 32.2. The Morgan fingerprint density at radius 1 is 1.06 bits per heavy atom. The van der Waals surface area contributed by atoms with Gasteiger partial charge in [-0.1, -0.05) is 12.1 Å². The van der Waals surface area contributed by atoms with E-state index in [0.29, 0.717) is 36.0 Å². The summed E-state index contributed by atoms with van der Waals surface area (Å²) in [5.41, 5.74) is 3.28. The molecule has 1 amide bonds. The highest BCUT2D eigenvalue weighted by molar-refractivity contribution is 7.92. The van der Waals surface area contributed by atoms with Gasteiger partial charge in [0.1, 0.15) is 12.3 Å². The zero-order valence-corrected chi connectivity index (χ0v) is 18.8. The molecule has 0 saturated heterocycles. The fourth-order valence-electron chi connectivity index (χ4n) is 2.71. The van der Waals surface area contributed by atoms with Crippen LogP contribution < -0.4 is 23.9 Å². The van der Waals surface area contributed by atoms with Gasteiger partial charge >= 0.3 is 0 Å². The fourth-order valence-corrected chi connectivity index (χ4v) is 3.57. The van der Waals surface area contributed by atoms with Crippen molar-refractivity contribution in [2.24, 2.45) is 5.10 Å². The normalized spacial score (nSPS) is 11.2. The first-order valence-corrected chi connectivity index (χ1v) is 11.5. The van der Waals surface area contributed by atoms with Crippen molar-refractivity contribution >= 4 is 27.8 Å². The molecule has 0 aromatic heterocycles. The summed E-state index contributed by atoms with van der Waals surface area (Å²) in [7, 11) is -2.31. The molecule has 0 aliphatic heterocycles. The van der Waals surface area contributed by atoms with Gasteiger partial charge in [0.2, 0.25) is 10.0 Å². The minimum atomic E-state index is -3.73. The molecule has 0 fully saturated rings. The van der Waals surface area contributed by atoms with Crippen molar-refractivity contribution in [2.75, 3.05) is 37.4 Å². The predicted molar refractivity (Wildman–Crippen MR) is 120 cm³/mol. The molecule has 0 aliphatic carbocycles. The van der Waals surface area contributed by atoms with E-state index in [1.54, 1.807) is 42.5 Å². The maximum atomic E-state index is 12.4. The van der Waals surface area contributed by atoms with Crippen molar-refractivity contribution in [3.8, 4) is 17.2 Å². The number of nitrogens with one attached hydrogen (secondary N) is 1. The van der Waals surface area contributed by atoms with E-state index in [1.165, 1.54) is 13.3 Å². The van der Waals surface area contributed by atoms with E-state index in [9.17, 15) is 13.2 Å². The first kappa shape index (κ1) is 24.0. The quantitative estimate of drug-likeness (QED) is 0.417. The first-order valence-electron chi connectivity index (χ1n) is 9.62. The van der Waals surface area contributed by atoms with Crippen molar-refractivity contribution in [2.45, 2.75) is 13.8 Å². The molecular formula is C21H27N3O6S. The highest BCUT2D eigenvalue weighted by Crippen LogP contribution is 2.29. The lowest BCUT2D eigenvalue weighted by Gasteiger charge is -2.23. The number of methoxy groups -OCH3 is 1. The summed E-state index contributed by atoms with van der Waals surface area (Å²) in [5, 5.41) is 3.92. The van der Waals surface area contributed by atoms with Crippen LogP contribution in [0.4, 0.5) is 5.69 Å². The number of hydrogen-bond donors (Lipinski definition) is 1. The van der Waals surface area contributed by atoms with E-state index in [2.05, 4.69) is 10.5 Å². The average Bonchev–Trinajstić information content (AvgIpc) is 2.73. The summed E-state index contributed by atoms with van der Waals surface area (Å²) < 4.78 is 41.7. The molecule has 0 bridgehead atoms. The van der Waals surface area contributed by atoms with E-state index >= 15 is 0 Å². The summed E-state index contributed by atoms with van der Waals surface area (Å²) in [5.74, 6) is 0.913. The molecule has 2 aromatic carbocycles. The zero-order chi connectivity index (χ0) is 22.9. The smallest absolute Gasteiger partial charge is 0.260 e. The molecule has 168 valence electrons. The third-order valence-electron chi connectivity index (χ3n) is 4.01. The maximum Gasteiger partial charge on any atom is 0.260 e. The number of rotatable bonds is 11. The monoisotopic (exact) mass is 449 g/mol. The summed E-state index contributed by atoms with van der Waals surface area (Å²) >= 11 is 0. The number of sulfonamides is 1. The van der Waals surface area contributed by atoms with Crippen LogP contribution in [0.3, 0.4) is 0 Å². The van der Waals surface area contributed by atoms with Gasteiger partial charge in [0.25, 0.3) is 5.91 Å².